The fourth-order valence-corrected chi connectivity index (χ4v) is 5.20. The highest BCUT2D eigenvalue weighted by molar-refractivity contribution is 5.99. The van der Waals surface area contributed by atoms with E-state index in [4.69, 9.17) is 15.2 Å². The zero-order valence-corrected chi connectivity index (χ0v) is 19.7. The van der Waals surface area contributed by atoms with Gasteiger partial charge < -0.3 is 15.2 Å². The predicted molar refractivity (Wildman–Crippen MR) is 126 cm³/mol. The van der Waals surface area contributed by atoms with Crippen molar-refractivity contribution < 1.29 is 23.9 Å². The number of fused-ring (bicyclic) bond motifs is 1. The van der Waals surface area contributed by atoms with Crippen LogP contribution in [0.15, 0.2) is 36.4 Å². The van der Waals surface area contributed by atoms with Gasteiger partial charge in [-0.25, -0.2) is 4.98 Å². The van der Waals surface area contributed by atoms with E-state index in [0.717, 1.165) is 16.8 Å². The van der Waals surface area contributed by atoms with Gasteiger partial charge in [-0.1, -0.05) is 30.3 Å². The van der Waals surface area contributed by atoms with Crippen molar-refractivity contribution in [2.45, 2.75) is 57.4 Å². The lowest BCUT2D eigenvalue weighted by molar-refractivity contribution is -0.155. The SMILES string of the molecule is NC(=O)c1cc2c(nc1OC1CCC(N3C(=O)CN(Cc4ccccc4)CC3=O)CC1)CCOC2. The first-order valence-electron chi connectivity index (χ1n) is 12.2. The largest absolute Gasteiger partial charge is 0.474 e. The number of piperazine rings is 1. The van der Waals surface area contributed by atoms with E-state index in [1.54, 1.807) is 6.07 Å². The molecule has 0 atom stereocenters. The summed E-state index contributed by atoms with van der Waals surface area (Å²) in [6, 6.07) is 11.4. The van der Waals surface area contributed by atoms with Crippen LogP contribution in [-0.4, -0.2) is 64.3 Å². The normalized spacial score (nSPS) is 23.1. The number of rotatable bonds is 6. The van der Waals surface area contributed by atoms with Gasteiger partial charge in [0.1, 0.15) is 11.7 Å². The Balaban J connectivity index is 1.19. The van der Waals surface area contributed by atoms with Gasteiger partial charge in [0, 0.05) is 24.6 Å². The Hall–Kier alpha value is -3.30. The molecule has 3 heterocycles. The molecular formula is C26H30N4O5. The summed E-state index contributed by atoms with van der Waals surface area (Å²) in [6.45, 7) is 2.05. The quantitative estimate of drug-likeness (QED) is 0.630. The van der Waals surface area contributed by atoms with Crippen molar-refractivity contribution in [1.82, 2.24) is 14.8 Å². The van der Waals surface area contributed by atoms with Crippen LogP contribution in [0.3, 0.4) is 0 Å². The van der Waals surface area contributed by atoms with Crippen LogP contribution in [0.4, 0.5) is 0 Å². The summed E-state index contributed by atoms with van der Waals surface area (Å²) in [5, 5.41) is 0. The highest BCUT2D eigenvalue weighted by atomic mass is 16.5. The fraction of sp³-hybridized carbons (Fsp3) is 0.462. The lowest BCUT2D eigenvalue weighted by atomic mass is 9.91. The zero-order valence-electron chi connectivity index (χ0n) is 19.7. The molecule has 0 bridgehead atoms. The van der Waals surface area contributed by atoms with Crippen molar-refractivity contribution in [1.29, 1.82) is 0 Å². The van der Waals surface area contributed by atoms with Crippen LogP contribution in [0.5, 0.6) is 5.88 Å². The summed E-state index contributed by atoms with van der Waals surface area (Å²) in [4.78, 5) is 45.7. The number of amides is 3. The van der Waals surface area contributed by atoms with E-state index in [1.807, 2.05) is 35.2 Å². The number of carbonyl (C=O) groups is 3. The number of imide groups is 1. The van der Waals surface area contributed by atoms with Crippen LogP contribution < -0.4 is 10.5 Å². The van der Waals surface area contributed by atoms with Crippen LogP contribution in [0.2, 0.25) is 0 Å². The molecule has 2 fully saturated rings. The first-order chi connectivity index (χ1) is 17.0. The number of hydrogen-bond donors (Lipinski definition) is 1. The Morgan fingerprint density at radius 1 is 1.09 bits per heavy atom. The van der Waals surface area contributed by atoms with Gasteiger partial charge in [0.2, 0.25) is 17.7 Å². The van der Waals surface area contributed by atoms with Crippen molar-refractivity contribution in [2.24, 2.45) is 5.73 Å². The molecule has 2 aromatic rings. The number of benzene rings is 1. The summed E-state index contributed by atoms with van der Waals surface area (Å²) in [6.07, 6.45) is 3.15. The van der Waals surface area contributed by atoms with E-state index in [9.17, 15) is 14.4 Å². The van der Waals surface area contributed by atoms with Gasteiger partial charge in [-0.2, -0.15) is 0 Å². The lowest BCUT2D eigenvalue weighted by Gasteiger charge is -2.40. The van der Waals surface area contributed by atoms with E-state index in [-0.39, 0.29) is 48.5 Å². The maximum Gasteiger partial charge on any atom is 0.254 e. The number of carbonyl (C=O) groups excluding carboxylic acids is 3. The molecule has 1 aliphatic carbocycles. The molecule has 9 heteroatoms. The number of pyridine rings is 1. The average molecular weight is 479 g/mol. The van der Waals surface area contributed by atoms with Gasteiger partial charge in [-0.05, 0) is 37.3 Å². The third-order valence-corrected chi connectivity index (χ3v) is 6.95. The van der Waals surface area contributed by atoms with E-state index < -0.39 is 5.91 Å². The maximum atomic E-state index is 12.9. The van der Waals surface area contributed by atoms with Gasteiger partial charge >= 0.3 is 0 Å². The van der Waals surface area contributed by atoms with Gasteiger partial charge in [0.05, 0.1) is 32.0 Å². The van der Waals surface area contributed by atoms with Gasteiger partial charge in [-0.3, -0.25) is 24.2 Å². The second-order valence-corrected chi connectivity index (χ2v) is 9.45. The van der Waals surface area contributed by atoms with Crippen LogP contribution in [0.1, 0.15) is 52.9 Å². The molecule has 1 saturated heterocycles. The molecule has 0 spiro atoms. The fourth-order valence-electron chi connectivity index (χ4n) is 5.20. The summed E-state index contributed by atoms with van der Waals surface area (Å²) in [7, 11) is 0. The second kappa shape index (κ2) is 10.1. The maximum absolute atomic E-state index is 12.9. The van der Waals surface area contributed by atoms with Crippen molar-refractivity contribution in [3.63, 3.8) is 0 Å². The standard InChI is InChI=1S/C26H30N4O5/c27-25(33)21-12-18-16-34-11-10-22(18)28-26(21)35-20-8-6-19(7-9-20)30-23(31)14-29(15-24(30)32)13-17-4-2-1-3-5-17/h1-5,12,19-20H,6-11,13-16H2,(H2,27,33). The van der Waals surface area contributed by atoms with E-state index in [1.165, 1.54) is 4.90 Å². The van der Waals surface area contributed by atoms with Crippen molar-refractivity contribution in [3.05, 3.63) is 58.8 Å². The second-order valence-electron chi connectivity index (χ2n) is 9.45. The summed E-state index contributed by atoms with van der Waals surface area (Å²) in [5.74, 6) is -0.602. The number of aromatic nitrogens is 1. The molecule has 3 aliphatic rings. The number of ether oxygens (including phenoxy) is 2. The van der Waals surface area contributed by atoms with Gasteiger partial charge in [0.25, 0.3) is 5.91 Å². The molecule has 1 aromatic carbocycles. The summed E-state index contributed by atoms with van der Waals surface area (Å²) >= 11 is 0. The van der Waals surface area contributed by atoms with Crippen LogP contribution >= 0.6 is 0 Å². The molecule has 2 aliphatic heterocycles. The zero-order chi connectivity index (χ0) is 24.4. The average Bonchev–Trinajstić information content (AvgIpc) is 2.85. The molecule has 1 aromatic heterocycles. The van der Waals surface area contributed by atoms with E-state index in [0.29, 0.717) is 51.9 Å². The van der Waals surface area contributed by atoms with E-state index in [2.05, 4.69) is 4.98 Å². The molecule has 2 N–H and O–H groups in total. The molecule has 35 heavy (non-hydrogen) atoms. The molecule has 5 rings (SSSR count). The summed E-state index contributed by atoms with van der Waals surface area (Å²) in [5.41, 5.74) is 8.65. The molecule has 0 radical (unpaired) electrons. The molecule has 1 saturated carbocycles. The third-order valence-electron chi connectivity index (χ3n) is 6.95. The van der Waals surface area contributed by atoms with Crippen molar-refractivity contribution >= 4 is 17.7 Å². The Labute approximate surface area is 204 Å². The Bertz CT molecular complexity index is 1100. The van der Waals surface area contributed by atoms with Crippen LogP contribution in [0.25, 0.3) is 0 Å². The monoisotopic (exact) mass is 478 g/mol. The minimum atomic E-state index is -0.584. The van der Waals surface area contributed by atoms with Crippen molar-refractivity contribution in [2.75, 3.05) is 19.7 Å². The first-order valence-corrected chi connectivity index (χ1v) is 12.2. The minimum absolute atomic E-state index is 0.127. The first kappa shape index (κ1) is 23.4. The molecule has 0 unspecified atom stereocenters. The molecule has 3 amide bonds. The highest BCUT2D eigenvalue weighted by Crippen LogP contribution is 2.30. The molecule has 184 valence electrons. The summed E-state index contributed by atoms with van der Waals surface area (Å²) < 4.78 is 11.6. The minimum Gasteiger partial charge on any atom is -0.474 e. The molecular weight excluding hydrogens is 448 g/mol. The van der Waals surface area contributed by atoms with Crippen molar-refractivity contribution in [3.8, 4) is 5.88 Å². The lowest BCUT2D eigenvalue weighted by Crippen LogP contribution is -2.57. The van der Waals surface area contributed by atoms with Gasteiger partial charge in [-0.15, -0.1) is 0 Å². The topological polar surface area (TPSA) is 115 Å². The third kappa shape index (κ3) is 5.21. The van der Waals surface area contributed by atoms with Crippen LogP contribution in [0, 0.1) is 0 Å². The smallest absolute Gasteiger partial charge is 0.254 e. The Morgan fingerprint density at radius 2 is 1.80 bits per heavy atom. The number of primary amides is 1. The highest BCUT2D eigenvalue weighted by Gasteiger charge is 2.38. The Morgan fingerprint density at radius 3 is 2.49 bits per heavy atom. The number of nitrogens with zero attached hydrogens (tertiary/aromatic N) is 3. The van der Waals surface area contributed by atoms with Gasteiger partial charge in [0.15, 0.2) is 0 Å². The van der Waals surface area contributed by atoms with E-state index >= 15 is 0 Å². The predicted octanol–water partition coefficient (Wildman–Crippen LogP) is 1.81. The van der Waals surface area contributed by atoms with Crippen LogP contribution in [-0.2, 0) is 33.9 Å². The Kier molecular flexibility index (Phi) is 6.79. The number of nitrogens with two attached hydrogens (primary N) is 1. The number of hydrogen-bond acceptors (Lipinski definition) is 7. The molecule has 9 nitrogen and oxygen atoms in total.